The Morgan fingerprint density at radius 3 is 2.38 bits per heavy atom. The average molecular weight is 326 g/mol. The molecule has 1 aromatic carbocycles. The number of hydrogen-bond donors (Lipinski definition) is 2. The maximum Gasteiger partial charge on any atom is 0.151 e. The van der Waals surface area contributed by atoms with Gasteiger partial charge in [0.25, 0.3) is 0 Å². The van der Waals surface area contributed by atoms with E-state index in [2.05, 4.69) is 22.5 Å². The van der Waals surface area contributed by atoms with Crippen LogP contribution in [0.25, 0.3) is 0 Å². The summed E-state index contributed by atoms with van der Waals surface area (Å²) in [6.45, 7) is 2.88. The van der Waals surface area contributed by atoms with Crippen LogP contribution in [0.4, 0.5) is 17.3 Å². The number of ether oxygens (including phenoxy) is 1. The van der Waals surface area contributed by atoms with Crippen molar-refractivity contribution in [2.45, 2.75) is 13.3 Å². The van der Waals surface area contributed by atoms with E-state index in [1.165, 1.54) is 0 Å². The summed E-state index contributed by atoms with van der Waals surface area (Å²) in [7, 11) is 1.63. The molecule has 0 saturated heterocycles. The van der Waals surface area contributed by atoms with Crippen LogP contribution in [0, 0.1) is 0 Å². The number of benzene rings is 1. The Balaban J connectivity index is 2.21. The number of nitrogens with one attached hydrogen (secondary N) is 2. The van der Waals surface area contributed by atoms with Gasteiger partial charge in [-0.1, -0.05) is 30.1 Å². The van der Waals surface area contributed by atoms with E-state index in [1.54, 1.807) is 13.2 Å². The Labute approximate surface area is 134 Å². The lowest BCUT2D eigenvalue weighted by atomic mass is 10.3. The van der Waals surface area contributed by atoms with Crippen molar-refractivity contribution in [3.05, 3.63) is 40.4 Å². The van der Waals surface area contributed by atoms with Gasteiger partial charge in [-0.15, -0.1) is 0 Å². The Kier molecular flexibility index (Phi) is 5.53. The predicted octanol–water partition coefficient (Wildman–Crippen LogP) is 4.96. The van der Waals surface area contributed by atoms with Crippen LogP contribution in [0.5, 0.6) is 5.75 Å². The molecule has 0 fully saturated rings. The Morgan fingerprint density at radius 1 is 1.10 bits per heavy atom. The molecule has 0 radical (unpaired) electrons. The molecule has 0 bridgehead atoms. The topological polar surface area (TPSA) is 46.2 Å². The first kappa shape index (κ1) is 15.7. The molecule has 0 saturated carbocycles. The zero-order valence-corrected chi connectivity index (χ0v) is 13.4. The lowest BCUT2D eigenvalue weighted by Gasteiger charge is -2.12. The molecule has 2 rings (SSSR count). The molecule has 2 aromatic rings. The summed E-state index contributed by atoms with van der Waals surface area (Å²) in [6.07, 6.45) is 0.988. The van der Waals surface area contributed by atoms with E-state index in [9.17, 15) is 0 Å². The standard InChI is InChI=1S/C15H17Cl2N3O/c1-3-8-18-14-12(16)9-13(17)15(20-14)19-10-4-6-11(21-2)7-5-10/h4-7,9H,3,8H2,1-2H3,(H2,18,19,20). The third kappa shape index (κ3) is 4.16. The first-order valence-electron chi connectivity index (χ1n) is 6.65. The van der Waals surface area contributed by atoms with Gasteiger partial charge in [-0.3, -0.25) is 0 Å². The van der Waals surface area contributed by atoms with Crippen LogP contribution in [-0.4, -0.2) is 18.6 Å². The van der Waals surface area contributed by atoms with Gasteiger partial charge in [0, 0.05) is 12.2 Å². The molecule has 0 aliphatic carbocycles. The molecule has 1 aromatic heterocycles. The molecule has 0 amide bonds. The van der Waals surface area contributed by atoms with E-state index in [0.717, 1.165) is 24.4 Å². The molecule has 0 spiro atoms. The Bertz CT molecular complexity index is 603. The maximum absolute atomic E-state index is 6.18. The molecule has 112 valence electrons. The summed E-state index contributed by atoms with van der Waals surface area (Å²) in [5.41, 5.74) is 0.869. The van der Waals surface area contributed by atoms with Gasteiger partial charge in [-0.2, -0.15) is 0 Å². The largest absolute Gasteiger partial charge is 0.497 e. The summed E-state index contributed by atoms with van der Waals surface area (Å²) >= 11 is 12.3. The van der Waals surface area contributed by atoms with Crippen molar-refractivity contribution in [1.82, 2.24) is 4.98 Å². The summed E-state index contributed by atoms with van der Waals surface area (Å²) in [4.78, 5) is 4.43. The quantitative estimate of drug-likeness (QED) is 0.787. The number of anilines is 3. The minimum absolute atomic E-state index is 0.470. The zero-order valence-electron chi connectivity index (χ0n) is 11.9. The lowest BCUT2D eigenvalue weighted by Crippen LogP contribution is -2.04. The van der Waals surface area contributed by atoms with Gasteiger partial charge in [0.15, 0.2) is 5.82 Å². The molecule has 0 unspecified atom stereocenters. The number of pyridine rings is 1. The summed E-state index contributed by atoms with van der Waals surface area (Å²) in [5.74, 6) is 1.98. The van der Waals surface area contributed by atoms with Gasteiger partial charge >= 0.3 is 0 Å². The average Bonchev–Trinajstić information content (AvgIpc) is 2.49. The normalized spacial score (nSPS) is 10.3. The molecule has 0 atom stereocenters. The Hall–Kier alpha value is -1.65. The SMILES string of the molecule is CCCNc1nc(Nc2ccc(OC)cc2)c(Cl)cc1Cl. The van der Waals surface area contributed by atoms with Crippen molar-refractivity contribution in [1.29, 1.82) is 0 Å². The summed E-state index contributed by atoms with van der Waals surface area (Å²) in [5, 5.41) is 7.32. The number of rotatable bonds is 6. The second kappa shape index (κ2) is 7.38. The van der Waals surface area contributed by atoms with Gasteiger partial charge in [0.1, 0.15) is 11.6 Å². The van der Waals surface area contributed by atoms with E-state index >= 15 is 0 Å². The van der Waals surface area contributed by atoms with Crippen molar-refractivity contribution in [3.63, 3.8) is 0 Å². The number of nitrogens with zero attached hydrogens (tertiary/aromatic N) is 1. The van der Waals surface area contributed by atoms with Gasteiger partial charge in [0.2, 0.25) is 0 Å². The van der Waals surface area contributed by atoms with Crippen LogP contribution in [0.1, 0.15) is 13.3 Å². The van der Waals surface area contributed by atoms with Crippen LogP contribution >= 0.6 is 23.2 Å². The van der Waals surface area contributed by atoms with Crippen molar-refractivity contribution in [2.24, 2.45) is 0 Å². The highest BCUT2D eigenvalue weighted by Crippen LogP contribution is 2.31. The Morgan fingerprint density at radius 2 is 1.76 bits per heavy atom. The van der Waals surface area contributed by atoms with E-state index in [0.29, 0.717) is 21.7 Å². The van der Waals surface area contributed by atoms with Gasteiger partial charge in [-0.05, 0) is 36.8 Å². The number of aromatic nitrogens is 1. The smallest absolute Gasteiger partial charge is 0.151 e. The molecule has 1 heterocycles. The number of halogens is 2. The fourth-order valence-corrected chi connectivity index (χ4v) is 2.21. The van der Waals surface area contributed by atoms with Crippen LogP contribution in [0.15, 0.2) is 30.3 Å². The van der Waals surface area contributed by atoms with E-state index in [4.69, 9.17) is 27.9 Å². The van der Waals surface area contributed by atoms with Crippen LogP contribution in [0.3, 0.4) is 0 Å². The third-order valence-corrected chi connectivity index (χ3v) is 3.40. The molecular formula is C15H17Cl2N3O. The van der Waals surface area contributed by atoms with Crippen LogP contribution in [-0.2, 0) is 0 Å². The molecular weight excluding hydrogens is 309 g/mol. The van der Waals surface area contributed by atoms with Crippen molar-refractivity contribution in [3.8, 4) is 5.75 Å². The summed E-state index contributed by atoms with van der Waals surface area (Å²) < 4.78 is 5.13. The van der Waals surface area contributed by atoms with Gasteiger partial charge in [0.05, 0.1) is 17.2 Å². The van der Waals surface area contributed by atoms with Crippen LogP contribution in [0.2, 0.25) is 10.0 Å². The van der Waals surface area contributed by atoms with E-state index < -0.39 is 0 Å². The summed E-state index contributed by atoms with van der Waals surface area (Å²) in [6, 6.07) is 9.19. The molecule has 21 heavy (non-hydrogen) atoms. The van der Waals surface area contributed by atoms with Crippen LogP contribution < -0.4 is 15.4 Å². The first-order valence-corrected chi connectivity index (χ1v) is 7.40. The van der Waals surface area contributed by atoms with E-state index in [-0.39, 0.29) is 0 Å². The second-order valence-electron chi connectivity index (χ2n) is 4.43. The van der Waals surface area contributed by atoms with Gasteiger partial charge in [-0.25, -0.2) is 4.98 Å². The molecule has 6 heteroatoms. The molecule has 0 aliphatic rings. The first-order chi connectivity index (χ1) is 10.1. The fraction of sp³-hybridized carbons (Fsp3) is 0.267. The highest BCUT2D eigenvalue weighted by molar-refractivity contribution is 6.37. The van der Waals surface area contributed by atoms with Gasteiger partial charge < -0.3 is 15.4 Å². The fourth-order valence-electron chi connectivity index (χ4n) is 1.73. The third-order valence-electron chi connectivity index (χ3n) is 2.82. The van der Waals surface area contributed by atoms with Crippen molar-refractivity contribution in [2.75, 3.05) is 24.3 Å². The van der Waals surface area contributed by atoms with Crippen molar-refractivity contribution >= 4 is 40.5 Å². The molecule has 2 N–H and O–H groups in total. The number of hydrogen-bond acceptors (Lipinski definition) is 4. The minimum atomic E-state index is 0.470. The minimum Gasteiger partial charge on any atom is -0.497 e. The number of methoxy groups -OCH3 is 1. The highest BCUT2D eigenvalue weighted by atomic mass is 35.5. The lowest BCUT2D eigenvalue weighted by molar-refractivity contribution is 0.415. The second-order valence-corrected chi connectivity index (χ2v) is 5.24. The molecule has 0 aliphatic heterocycles. The molecule has 4 nitrogen and oxygen atoms in total. The van der Waals surface area contributed by atoms with Crippen molar-refractivity contribution < 1.29 is 4.74 Å². The highest BCUT2D eigenvalue weighted by Gasteiger charge is 2.09. The zero-order chi connectivity index (χ0) is 15.2. The maximum atomic E-state index is 6.18. The monoisotopic (exact) mass is 325 g/mol. The predicted molar refractivity (Wildman–Crippen MR) is 89.3 cm³/mol. The van der Waals surface area contributed by atoms with E-state index in [1.807, 2.05) is 24.3 Å².